The Balaban J connectivity index is 2.33. The van der Waals surface area contributed by atoms with E-state index in [1.807, 2.05) is 0 Å². The van der Waals surface area contributed by atoms with E-state index in [9.17, 15) is 0 Å². The largest absolute Gasteiger partial charge is 0.383 e. The van der Waals surface area contributed by atoms with Crippen LogP contribution >= 0.6 is 0 Å². The Hall–Kier alpha value is -0.120. The summed E-state index contributed by atoms with van der Waals surface area (Å²) in [7, 11) is 1.80. The highest BCUT2D eigenvalue weighted by atomic mass is 16.5. The molecule has 0 heterocycles. The van der Waals surface area contributed by atoms with Gasteiger partial charge in [0, 0.05) is 32.3 Å². The zero-order chi connectivity index (χ0) is 13.5. The predicted octanol–water partition coefficient (Wildman–Crippen LogP) is 2.37. The van der Waals surface area contributed by atoms with Crippen molar-refractivity contribution >= 4 is 0 Å². The molecule has 18 heavy (non-hydrogen) atoms. The molecule has 0 radical (unpaired) electrons. The SMILES string of the molecule is COCCN(CC(C)CNC(C)C)C(C)C1CC1. The third-order valence-corrected chi connectivity index (χ3v) is 3.88. The molecule has 0 amide bonds. The van der Waals surface area contributed by atoms with E-state index in [1.54, 1.807) is 7.11 Å². The molecule has 0 aromatic heterocycles. The monoisotopic (exact) mass is 256 g/mol. The van der Waals surface area contributed by atoms with E-state index in [0.717, 1.165) is 31.7 Å². The maximum Gasteiger partial charge on any atom is 0.0589 e. The lowest BCUT2D eigenvalue weighted by Crippen LogP contribution is -2.42. The van der Waals surface area contributed by atoms with Crippen LogP contribution in [0.1, 0.15) is 40.5 Å². The van der Waals surface area contributed by atoms with E-state index in [4.69, 9.17) is 4.74 Å². The summed E-state index contributed by atoms with van der Waals surface area (Å²) in [6, 6.07) is 1.31. The molecule has 0 aromatic rings. The third kappa shape index (κ3) is 6.17. The van der Waals surface area contributed by atoms with Crippen molar-refractivity contribution in [1.82, 2.24) is 10.2 Å². The summed E-state index contributed by atoms with van der Waals surface area (Å²) < 4.78 is 5.25. The van der Waals surface area contributed by atoms with Gasteiger partial charge in [-0.3, -0.25) is 4.90 Å². The molecule has 108 valence electrons. The molecular weight excluding hydrogens is 224 g/mol. The van der Waals surface area contributed by atoms with E-state index >= 15 is 0 Å². The number of methoxy groups -OCH3 is 1. The van der Waals surface area contributed by atoms with Crippen molar-refractivity contribution in [2.75, 3.05) is 33.4 Å². The second-order valence-corrected chi connectivity index (χ2v) is 6.23. The molecule has 3 heteroatoms. The highest BCUT2D eigenvalue weighted by Gasteiger charge is 2.32. The van der Waals surface area contributed by atoms with Crippen molar-refractivity contribution in [3.8, 4) is 0 Å². The first kappa shape index (κ1) is 15.9. The lowest BCUT2D eigenvalue weighted by molar-refractivity contribution is 0.105. The first-order valence-electron chi connectivity index (χ1n) is 7.51. The Kier molecular flexibility index (Phi) is 7.20. The van der Waals surface area contributed by atoms with Crippen LogP contribution in [-0.2, 0) is 4.74 Å². The summed E-state index contributed by atoms with van der Waals surface area (Å²) in [5, 5.41) is 3.53. The number of hydrogen-bond donors (Lipinski definition) is 1. The predicted molar refractivity (Wildman–Crippen MR) is 77.9 cm³/mol. The van der Waals surface area contributed by atoms with E-state index in [0.29, 0.717) is 12.0 Å². The van der Waals surface area contributed by atoms with Gasteiger partial charge >= 0.3 is 0 Å². The summed E-state index contributed by atoms with van der Waals surface area (Å²) >= 11 is 0. The zero-order valence-corrected chi connectivity index (χ0v) is 12.9. The molecule has 1 N–H and O–H groups in total. The van der Waals surface area contributed by atoms with Gasteiger partial charge in [-0.1, -0.05) is 20.8 Å². The normalized spacial score (nSPS) is 19.5. The molecule has 1 aliphatic carbocycles. The second kappa shape index (κ2) is 8.13. The van der Waals surface area contributed by atoms with Crippen molar-refractivity contribution in [1.29, 1.82) is 0 Å². The van der Waals surface area contributed by atoms with Crippen LogP contribution in [0.3, 0.4) is 0 Å². The first-order valence-corrected chi connectivity index (χ1v) is 7.51. The van der Waals surface area contributed by atoms with Crippen molar-refractivity contribution in [2.24, 2.45) is 11.8 Å². The van der Waals surface area contributed by atoms with E-state index in [-0.39, 0.29) is 0 Å². The van der Waals surface area contributed by atoms with Crippen molar-refractivity contribution in [2.45, 2.75) is 52.6 Å². The van der Waals surface area contributed by atoms with Crippen molar-refractivity contribution in [3.05, 3.63) is 0 Å². The Morgan fingerprint density at radius 2 is 1.89 bits per heavy atom. The number of rotatable bonds is 10. The van der Waals surface area contributed by atoms with Crippen LogP contribution in [0.2, 0.25) is 0 Å². The lowest BCUT2D eigenvalue weighted by atomic mass is 10.1. The third-order valence-electron chi connectivity index (χ3n) is 3.88. The molecular formula is C15H32N2O. The minimum atomic E-state index is 0.584. The first-order chi connectivity index (χ1) is 8.54. The average molecular weight is 256 g/mol. The van der Waals surface area contributed by atoms with Crippen LogP contribution in [0.25, 0.3) is 0 Å². The van der Waals surface area contributed by atoms with Gasteiger partial charge in [0.15, 0.2) is 0 Å². The fourth-order valence-electron chi connectivity index (χ4n) is 2.45. The van der Waals surface area contributed by atoms with Crippen LogP contribution in [0.5, 0.6) is 0 Å². The zero-order valence-electron chi connectivity index (χ0n) is 12.9. The number of nitrogens with zero attached hydrogens (tertiary/aromatic N) is 1. The Bertz CT molecular complexity index is 217. The average Bonchev–Trinajstić information content (AvgIpc) is 3.15. The molecule has 0 aromatic carbocycles. The maximum atomic E-state index is 5.25. The molecule has 0 saturated heterocycles. The summed E-state index contributed by atoms with van der Waals surface area (Å²) in [6.45, 7) is 13.4. The topological polar surface area (TPSA) is 24.5 Å². The maximum absolute atomic E-state index is 5.25. The number of ether oxygens (including phenoxy) is 1. The summed E-state index contributed by atoms with van der Waals surface area (Å²) in [4.78, 5) is 2.62. The molecule has 0 aliphatic heterocycles. The molecule has 0 spiro atoms. The van der Waals surface area contributed by atoms with Crippen molar-refractivity contribution in [3.63, 3.8) is 0 Å². The van der Waals surface area contributed by atoms with Gasteiger partial charge in [0.1, 0.15) is 0 Å². The van der Waals surface area contributed by atoms with Crippen LogP contribution in [0.15, 0.2) is 0 Å². The van der Waals surface area contributed by atoms with Crippen LogP contribution in [-0.4, -0.2) is 50.3 Å². The fourth-order valence-corrected chi connectivity index (χ4v) is 2.45. The lowest BCUT2D eigenvalue weighted by Gasteiger charge is -2.31. The standard InChI is InChI=1S/C15H32N2O/c1-12(2)16-10-13(3)11-17(8-9-18-5)14(4)15-6-7-15/h12-16H,6-11H2,1-5H3. The van der Waals surface area contributed by atoms with Crippen LogP contribution in [0, 0.1) is 11.8 Å². The van der Waals surface area contributed by atoms with Gasteiger partial charge in [-0.15, -0.1) is 0 Å². The Morgan fingerprint density at radius 3 is 2.39 bits per heavy atom. The van der Waals surface area contributed by atoms with Gasteiger partial charge in [0.2, 0.25) is 0 Å². The molecule has 1 rings (SSSR count). The Morgan fingerprint density at radius 1 is 1.22 bits per heavy atom. The summed E-state index contributed by atoms with van der Waals surface area (Å²) in [5.74, 6) is 1.64. The quantitative estimate of drug-likeness (QED) is 0.649. The van der Waals surface area contributed by atoms with E-state index in [2.05, 4.69) is 37.9 Å². The molecule has 3 nitrogen and oxygen atoms in total. The minimum absolute atomic E-state index is 0.584. The highest BCUT2D eigenvalue weighted by Crippen LogP contribution is 2.35. The molecule has 1 aliphatic rings. The van der Waals surface area contributed by atoms with Gasteiger partial charge in [0.25, 0.3) is 0 Å². The fraction of sp³-hybridized carbons (Fsp3) is 1.00. The van der Waals surface area contributed by atoms with Gasteiger partial charge in [-0.05, 0) is 38.1 Å². The van der Waals surface area contributed by atoms with Crippen molar-refractivity contribution < 1.29 is 4.74 Å². The smallest absolute Gasteiger partial charge is 0.0589 e. The minimum Gasteiger partial charge on any atom is -0.383 e. The second-order valence-electron chi connectivity index (χ2n) is 6.23. The Labute approximate surface area is 113 Å². The molecule has 1 saturated carbocycles. The van der Waals surface area contributed by atoms with Gasteiger partial charge in [-0.25, -0.2) is 0 Å². The molecule has 2 atom stereocenters. The summed E-state index contributed by atoms with van der Waals surface area (Å²) in [6.07, 6.45) is 2.84. The summed E-state index contributed by atoms with van der Waals surface area (Å²) in [5.41, 5.74) is 0. The van der Waals surface area contributed by atoms with Crippen LogP contribution < -0.4 is 5.32 Å². The molecule has 0 bridgehead atoms. The van der Waals surface area contributed by atoms with Gasteiger partial charge in [0.05, 0.1) is 6.61 Å². The molecule has 2 unspecified atom stereocenters. The van der Waals surface area contributed by atoms with E-state index in [1.165, 1.54) is 19.4 Å². The van der Waals surface area contributed by atoms with Gasteiger partial charge in [-0.2, -0.15) is 0 Å². The van der Waals surface area contributed by atoms with Gasteiger partial charge < -0.3 is 10.1 Å². The van der Waals surface area contributed by atoms with E-state index < -0.39 is 0 Å². The van der Waals surface area contributed by atoms with Crippen LogP contribution in [0.4, 0.5) is 0 Å². The number of hydrogen-bond acceptors (Lipinski definition) is 3. The molecule has 1 fully saturated rings. The number of nitrogens with one attached hydrogen (secondary N) is 1. The highest BCUT2D eigenvalue weighted by molar-refractivity contribution is 4.86.